The molecule has 10 heteroatoms. The van der Waals surface area contributed by atoms with Crippen LogP contribution in [0.4, 0.5) is 5.69 Å². The molecule has 0 aromatic heterocycles. The maximum absolute atomic E-state index is 12.2. The van der Waals surface area contributed by atoms with Gasteiger partial charge in [-0.2, -0.15) is 0 Å². The highest BCUT2D eigenvalue weighted by molar-refractivity contribution is 7.90. The fourth-order valence-electron chi connectivity index (χ4n) is 1.63. The third kappa shape index (κ3) is 5.24. The lowest BCUT2D eigenvalue weighted by atomic mass is 10.2. The van der Waals surface area contributed by atoms with E-state index in [2.05, 4.69) is 5.32 Å². The second kappa shape index (κ2) is 8.06. The van der Waals surface area contributed by atoms with Crippen LogP contribution in [0.1, 0.15) is 10.4 Å². The first-order valence-electron chi connectivity index (χ1n) is 6.06. The number of nitrogens with one attached hydrogen (secondary N) is 1. The minimum Gasteiger partial charge on any atom is -0.340 e. The molecule has 1 aromatic carbocycles. The van der Waals surface area contributed by atoms with Crippen LogP contribution in [0.25, 0.3) is 0 Å². The van der Waals surface area contributed by atoms with E-state index in [0.717, 1.165) is 24.5 Å². The number of nitro groups is 1. The Morgan fingerprint density at radius 2 is 1.95 bits per heavy atom. The number of hydrogen-bond acceptors (Lipinski definition) is 6. The Morgan fingerprint density at radius 3 is 2.41 bits per heavy atom. The third-order valence-electron chi connectivity index (χ3n) is 2.82. The second-order valence-electron chi connectivity index (χ2n) is 4.58. The Kier molecular flexibility index (Phi) is 7.44. The van der Waals surface area contributed by atoms with E-state index in [1.54, 1.807) is 14.1 Å². The van der Waals surface area contributed by atoms with Crippen LogP contribution in [0, 0.1) is 10.1 Å². The molecule has 0 aliphatic rings. The predicted octanol–water partition coefficient (Wildman–Crippen LogP) is 0.712. The van der Waals surface area contributed by atoms with Crippen LogP contribution < -0.4 is 5.32 Å². The average molecular weight is 352 g/mol. The summed E-state index contributed by atoms with van der Waals surface area (Å²) in [5.41, 5.74) is -0.452. The number of likely N-dealkylation sites (N-methyl/N-ethyl adjacent to an activating group) is 2. The maximum atomic E-state index is 12.2. The second-order valence-corrected chi connectivity index (χ2v) is 6.59. The molecular formula is C12H18ClN3O5S. The van der Waals surface area contributed by atoms with Crippen molar-refractivity contribution in [2.24, 2.45) is 0 Å². The number of halogens is 1. The van der Waals surface area contributed by atoms with Crippen molar-refractivity contribution >= 4 is 33.8 Å². The lowest BCUT2D eigenvalue weighted by molar-refractivity contribution is -0.385. The molecule has 0 radical (unpaired) electrons. The van der Waals surface area contributed by atoms with E-state index >= 15 is 0 Å². The number of carbonyl (C=O) groups excluding carboxylic acids is 1. The van der Waals surface area contributed by atoms with E-state index in [0.29, 0.717) is 13.1 Å². The zero-order valence-electron chi connectivity index (χ0n) is 12.4. The van der Waals surface area contributed by atoms with Gasteiger partial charge in [-0.25, -0.2) is 8.42 Å². The van der Waals surface area contributed by atoms with Crippen molar-refractivity contribution < 1.29 is 18.1 Å². The van der Waals surface area contributed by atoms with Gasteiger partial charge in [-0.05, 0) is 13.1 Å². The van der Waals surface area contributed by atoms with Crippen molar-refractivity contribution in [3.05, 3.63) is 33.9 Å². The molecule has 0 bridgehead atoms. The lowest BCUT2D eigenvalue weighted by Gasteiger charge is -2.17. The van der Waals surface area contributed by atoms with Gasteiger partial charge in [0, 0.05) is 44.1 Å². The van der Waals surface area contributed by atoms with E-state index in [4.69, 9.17) is 0 Å². The Balaban J connectivity index is 0.00000441. The summed E-state index contributed by atoms with van der Waals surface area (Å²) in [4.78, 5) is 23.4. The molecule has 1 aromatic rings. The van der Waals surface area contributed by atoms with Crippen molar-refractivity contribution in [3.8, 4) is 0 Å². The van der Waals surface area contributed by atoms with Crippen molar-refractivity contribution in [2.45, 2.75) is 4.90 Å². The molecule has 0 aliphatic carbocycles. The lowest BCUT2D eigenvalue weighted by Crippen LogP contribution is -2.32. The van der Waals surface area contributed by atoms with Gasteiger partial charge in [0.25, 0.3) is 11.6 Å². The van der Waals surface area contributed by atoms with Gasteiger partial charge in [0.1, 0.15) is 0 Å². The van der Waals surface area contributed by atoms with Gasteiger partial charge >= 0.3 is 0 Å². The van der Waals surface area contributed by atoms with E-state index in [-0.39, 0.29) is 22.9 Å². The summed E-state index contributed by atoms with van der Waals surface area (Å²) >= 11 is 0. The van der Waals surface area contributed by atoms with Gasteiger partial charge < -0.3 is 10.2 Å². The standard InChI is InChI=1S/C12H17N3O5S.ClH/c1-13-4-5-14(2)12(16)9-6-10(15(17)18)8-11(7-9)21(3,19)20;/h6-8,13H,4-5H2,1-3H3;1H. The van der Waals surface area contributed by atoms with Crippen molar-refractivity contribution in [1.82, 2.24) is 10.2 Å². The highest BCUT2D eigenvalue weighted by Crippen LogP contribution is 2.21. The molecule has 0 spiro atoms. The molecule has 1 amide bonds. The molecular weight excluding hydrogens is 334 g/mol. The molecule has 0 unspecified atom stereocenters. The summed E-state index contributed by atoms with van der Waals surface area (Å²) < 4.78 is 23.1. The summed E-state index contributed by atoms with van der Waals surface area (Å²) in [5.74, 6) is -0.473. The smallest absolute Gasteiger partial charge is 0.271 e. The fraction of sp³-hybridized carbons (Fsp3) is 0.417. The van der Waals surface area contributed by atoms with E-state index in [1.807, 2.05) is 0 Å². The number of benzene rings is 1. The van der Waals surface area contributed by atoms with Crippen LogP contribution in [-0.2, 0) is 9.84 Å². The van der Waals surface area contributed by atoms with Gasteiger partial charge in [0.15, 0.2) is 9.84 Å². The van der Waals surface area contributed by atoms with Crippen LogP contribution in [0.5, 0.6) is 0 Å². The molecule has 22 heavy (non-hydrogen) atoms. The molecule has 0 aliphatic heterocycles. The molecule has 0 saturated heterocycles. The summed E-state index contributed by atoms with van der Waals surface area (Å²) in [6.07, 6.45) is 0.936. The number of nitro benzene ring substituents is 1. The van der Waals surface area contributed by atoms with Gasteiger partial charge in [0.05, 0.1) is 9.82 Å². The fourth-order valence-corrected chi connectivity index (χ4v) is 2.30. The van der Waals surface area contributed by atoms with Crippen LogP contribution in [-0.4, -0.2) is 57.6 Å². The Morgan fingerprint density at radius 1 is 1.36 bits per heavy atom. The third-order valence-corrected chi connectivity index (χ3v) is 3.91. The van der Waals surface area contributed by atoms with Crippen LogP contribution in [0.15, 0.2) is 23.1 Å². The Hall–Kier alpha value is -1.71. The Bertz CT molecular complexity index is 663. The minimum atomic E-state index is -3.65. The van der Waals surface area contributed by atoms with Crippen LogP contribution >= 0.6 is 12.4 Å². The van der Waals surface area contributed by atoms with Crippen LogP contribution in [0.2, 0.25) is 0 Å². The summed E-state index contributed by atoms with van der Waals surface area (Å²) in [7, 11) is -0.375. The molecule has 0 atom stereocenters. The molecule has 124 valence electrons. The number of hydrogen-bond donors (Lipinski definition) is 1. The van der Waals surface area contributed by atoms with Crippen molar-refractivity contribution in [2.75, 3.05) is 33.4 Å². The SMILES string of the molecule is CNCCN(C)C(=O)c1cc([N+](=O)[O-])cc(S(C)(=O)=O)c1.Cl. The van der Waals surface area contributed by atoms with Gasteiger partial charge in [0.2, 0.25) is 0 Å². The highest BCUT2D eigenvalue weighted by atomic mass is 35.5. The highest BCUT2D eigenvalue weighted by Gasteiger charge is 2.20. The summed E-state index contributed by atoms with van der Waals surface area (Å²) in [5, 5.41) is 13.7. The molecule has 0 saturated carbocycles. The zero-order valence-corrected chi connectivity index (χ0v) is 14.0. The normalized spacial score (nSPS) is 10.7. The van der Waals surface area contributed by atoms with E-state index in [9.17, 15) is 23.3 Å². The molecule has 0 heterocycles. The predicted molar refractivity (Wildman–Crippen MR) is 84.3 cm³/mol. The maximum Gasteiger partial charge on any atom is 0.271 e. The molecule has 0 fully saturated rings. The van der Waals surface area contributed by atoms with Gasteiger partial charge in [-0.15, -0.1) is 12.4 Å². The number of non-ortho nitro benzene ring substituents is 1. The van der Waals surface area contributed by atoms with Crippen molar-refractivity contribution in [3.63, 3.8) is 0 Å². The quantitative estimate of drug-likeness (QED) is 0.597. The topological polar surface area (TPSA) is 110 Å². The number of rotatable bonds is 6. The van der Waals surface area contributed by atoms with Gasteiger partial charge in [-0.1, -0.05) is 0 Å². The zero-order chi connectivity index (χ0) is 16.2. The van der Waals surface area contributed by atoms with E-state index in [1.165, 1.54) is 4.90 Å². The summed E-state index contributed by atoms with van der Waals surface area (Å²) in [6.45, 7) is 0.947. The monoisotopic (exact) mass is 351 g/mol. The number of sulfone groups is 1. The molecule has 1 N–H and O–H groups in total. The van der Waals surface area contributed by atoms with Crippen molar-refractivity contribution in [1.29, 1.82) is 0 Å². The minimum absolute atomic E-state index is 0. The Labute approximate surface area is 135 Å². The molecule has 8 nitrogen and oxygen atoms in total. The first kappa shape index (κ1) is 20.3. The van der Waals surface area contributed by atoms with E-state index < -0.39 is 26.4 Å². The van der Waals surface area contributed by atoms with Gasteiger partial charge in [-0.3, -0.25) is 14.9 Å². The largest absolute Gasteiger partial charge is 0.340 e. The average Bonchev–Trinajstić information content (AvgIpc) is 2.42. The molecule has 1 rings (SSSR count). The first-order valence-corrected chi connectivity index (χ1v) is 7.95. The van der Waals surface area contributed by atoms with Crippen LogP contribution in [0.3, 0.4) is 0 Å². The summed E-state index contributed by atoms with van der Waals surface area (Å²) in [6, 6.07) is 3.17. The number of amides is 1. The number of nitrogens with zero attached hydrogens (tertiary/aromatic N) is 2. The number of carbonyl (C=O) groups is 1. The first-order chi connectivity index (χ1) is 9.66.